The van der Waals surface area contributed by atoms with E-state index in [0.717, 1.165) is 0 Å². The van der Waals surface area contributed by atoms with Crippen molar-refractivity contribution in [3.8, 4) is 0 Å². The lowest BCUT2D eigenvalue weighted by atomic mass is 10.3. The molecule has 1 aromatic heterocycles. The van der Waals surface area contributed by atoms with Gasteiger partial charge in [-0.25, -0.2) is 19.4 Å². The van der Waals surface area contributed by atoms with E-state index in [1.165, 1.54) is 18.2 Å². The Labute approximate surface area is 173 Å². The molecule has 0 saturated carbocycles. The molecule has 2 aromatic rings. The third-order valence-corrected chi connectivity index (χ3v) is 3.87. The van der Waals surface area contributed by atoms with Gasteiger partial charge in [0.2, 0.25) is 5.82 Å². The molecule has 0 amide bonds. The predicted molar refractivity (Wildman–Crippen MR) is 111 cm³/mol. The third kappa shape index (κ3) is 6.95. The number of allylic oxidation sites excluding steroid dienone is 1. The Hall–Kier alpha value is -3.35. The number of nitroso groups, excluding NO2 is 1. The zero-order chi connectivity index (χ0) is 21.2. The van der Waals surface area contributed by atoms with Crippen LogP contribution >= 0.6 is 15.9 Å². The van der Waals surface area contributed by atoms with Crippen molar-refractivity contribution >= 4 is 39.2 Å². The highest BCUT2D eigenvalue weighted by atomic mass is 79.9. The molecule has 11 nitrogen and oxygen atoms in total. The number of amidine groups is 1. The first kappa shape index (κ1) is 21.9. The topological polar surface area (TPSA) is 155 Å². The van der Waals surface area contributed by atoms with Gasteiger partial charge in [0.25, 0.3) is 0 Å². The Morgan fingerprint density at radius 1 is 1.41 bits per heavy atom. The maximum atomic E-state index is 13.4. The lowest BCUT2D eigenvalue weighted by molar-refractivity contribution is 0.307. The quantitative estimate of drug-likeness (QED) is 0.144. The molecule has 0 aliphatic heterocycles. The summed E-state index contributed by atoms with van der Waals surface area (Å²) in [6.07, 6.45) is 0.627. The molecule has 0 atom stereocenters. The van der Waals surface area contributed by atoms with Crippen LogP contribution in [0.25, 0.3) is 0 Å². The molecular formula is C16H19BrFN9O2. The van der Waals surface area contributed by atoms with Crippen LogP contribution in [0.3, 0.4) is 0 Å². The second-order valence-electron chi connectivity index (χ2n) is 5.68. The number of nitrogens with one attached hydrogen (secondary N) is 3. The minimum atomic E-state index is -0.445. The lowest BCUT2D eigenvalue weighted by Gasteiger charge is -2.06. The molecule has 0 saturated heterocycles. The van der Waals surface area contributed by atoms with Crippen LogP contribution in [0, 0.1) is 10.7 Å². The van der Waals surface area contributed by atoms with Gasteiger partial charge in [-0.3, -0.25) is 4.99 Å². The molecule has 1 heterocycles. The zero-order valence-corrected chi connectivity index (χ0v) is 17.0. The maximum Gasteiger partial charge on any atom is 0.202 e. The number of anilines is 1. The smallest absolute Gasteiger partial charge is 0.202 e. The first-order chi connectivity index (χ1) is 13.9. The number of halogens is 2. The van der Waals surface area contributed by atoms with Gasteiger partial charge in [0, 0.05) is 18.8 Å². The summed E-state index contributed by atoms with van der Waals surface area (Å²) in [4.78, 5) is 19.1. The average Bonchev–Trinajstić information content (AvgIpc) is 3.12. The minimum Gasteiger partial charge on any atom is -0.370 e. The van der Waals surface area contributed by atoms with Gasteiger partial charge in [0.1, 0.15) is 5.82 Å². The number of guanidine groups is 1. The standard InChI is InChI=1S/C16H19BrFN9O2/c1-9(2)22-16(19)21-7-3-6-20-14-13(25-29-26-14)15(24-27-28)23-10-4-5-12(18)11(17)8-10/h4-5,8H,1,3,6-7H2,2H3,(H,20,26)(H3,19,21,22)(H,23,24,28). The van der Waals surface area contributed by atoms with Gasteiger partial charge in [-0.15, -0.1) is 4.91 Å². The minimum absolute atomic E-state index is 0.0184. The van der Waals surface area contributed by atoms with E-state index in [2.05, 4.69) is 64.2 Å². The van der Waals surface area contributed by atoms with E-state index in [0.29, 0.717) is 30.9 Å². The van der Waals surface area contributed by atoms with Crippen LogP contribution in [0.15, 0.2) is 54.8 Å². The monoisotopic (exact) mass is 467 g/mol. The van der Waals surface area contributed by atoms with Crippen molar-refractivity contribution in [1.82, 2.24) is 21.1 Å². The average molecular weight is 468 g/mol. The molecule has 13 heteroatoms. The number of hydrogen-bond acceptors (Lipinski definition) is 8. The number of aliphatic imine (C=N–C) groups is 2. The van der Waals surface area contributed by atoms with Gasteiger partial charge in [-0.2, -0.15) is 0 Å². The summed E-state index contributed by atoms with van der Waals surface area (Å²) in [6, 6.07) is 4.09. The van der Waals surface area contributed by atoms with Crippen molar-refractivity contribution < 1.29 is 9.02 Å². The van der Waals surface area contributed by atoms with Gasteiger partial charge >= 0.3 is 0 Å². The molecular weight excluding hydrogens is 449 g/mol. The highest BCUT2D eigenvalue weighted by Gasteiger charge is 2.17. The Balaban J connectivity index is 2.05. The predicted octanol–water partition coefficient (Wildman–Crippen LogP) is 2.56. The fraction of sp³-hybridized carbons (Fsp3) is 0.250. The fourth-order valence-corrected chi connectivity index (χ4v) is 2.43. The van der Waals surface area contributed by atoms with Crippen molar-refractivity contribution in [2.75, 3.05) is 18.4 Å². The van der Waals surface area contributed by atoms with E-state index in [-0.39, 0.29) is 27.8 Å². The first-order valence-electron chi connectivity index (χ1n) is 8.32. The normalized spacial score (nSPS) is 11.8. The summed E-state index contributed by atoms with van der Waals surface area (Å²) < 4.78 is 18.3. The summed E-state index contributed by atoms with van der Waals surface area (Å²) in [5, 5.41) is 15.9. The molecule has 5 N–H and O–H groups in total. The largest absolute Gasteiger partial charge is 0.370 e. The van der Waals surface area contributed by atoms with Crippen molar-refractivity contribution in [2.45, 2.75) is 13.3 Å². The summed E-state index contributed by atoms with van der Waals surface area (Å²) >= 11 is 3.07. The highest BCUT2D eigenvalue weighted by Crippen LogP contribution is 2.23. The molecule has 0 unspecified atom stereocenters. The van der Waals surface area contributed by atoms with E-state index in [1.54, 1.807) is 6.92 Å². The van der Waals surface area contributed by atoms with Crippen LogP contribution in [0.5, 0.6) is 0 Å². The molecule has 0 radical (unpaired) electrons. The van der Waals surface area contributed by atoms with E-state index in [1.807, 2.05) is 0 Å². The second-order valence-corrected chi connectivity index (χ2v) is 6.53. The fourth-order valence-electron chi connectivity index (χ4n) is 2.06. The van der Waals surface area contributed by atoms with Crippen molar-refractivity contribution in [1.29, 1.82) is 0 Å². The van der Waals surface area contributed by atoms with Crippen LogP contribution in [0.2, 0.25) is 0 Å². The molecule has 0 fully saturated rings. The molecule has 2 rings (SSSR count). The Morgan fingerprint density at radius 2 is 2.21 bits per heavy atom. The van der Waals surface area contributed by atoms with Crippen molar-refractivity contribution in [2.24, 2.45) is 21.0 Å². The zero-order valence-electron chi connectivity index (χ0n) is 15.4. The number of benzene rings is 1. The van der Waals surface area contributed by atoms with E-state index in [9.17, 15) is 9.30 Å². The molecule has 1 aromatic carbocycles. The van der Waals surface area contributed by atoms with E-state index < -0.39 is 5.82 Å². The Bertz CT molecular complexity index is 929. The maximum absolute atomic E-state index is 13.4. The van der Waals surface area contributed by atoms with Gasteiger partial charge in [0.05, 0.1) is 15.4 Å². The number of nitrogens with two attached hydrogens (primary N) is 1. The van der Waals surface area contributed by atoms with Gasteiger partial charge in [-0.05, 0) is 57.8 Å². The van der Waals surface area contributed by atoms with Gasteiger partial charge in [-0.1, -0.05) is 6.58 Å². The summed E-state index contributed by atoms with van der Waals surface area (Å²) in [5.41, 5.74) is 9.05. The lowest BCUT2D eigenvalue weighted by Crippen LogP contribution is -2.30. The number of hydrogen-bond donors (Lipinski definition) is 4. The summed E-state index contributed by atoms with van der Waals surface area (Å²) in [5.74, 6) is 0.0647. The molecule has 29 heavy (non-hydrogen) atoms. The van der Waals surface area contributed by atoms with E-state index >= 15 is 0 Å². The first-order valence-corrected chi connectivity index (χ1v) is 9.11. The van der Waals surface area contributed by atoms with Crippen LogP contribution < -0.4 is 21.8 Å². The number of nitrogens with zero attached hydrogens (tertiary/aromatic N) is 5. The molecule has 154 valence electrons. The Morgan fingerprint density at radius 3 is 2.90 bits per heavy atom. The van der Waals surface area contributed by atoms with Crippen LogP contribution in [0.1, 0.15) is 19.0 Å². The van der Waals surface area contributed by atoms with Crippen molar-refractivity contribution in [3.05, 3.63) is 51.4 Å². The Kier molecular flexibility index (Phi) is 8.21. The molecule has 0 aliphatic carbocycles. The number of rotatable bonds is 9. The summed E-state index contributed by atoms with van der Waals surface area (Å²) in [7, 11) is 0. The highest BCUT2D eigenvalue weighted by molar-refractivity contribution is 9.10. The van der Waals surface area contributed by atoms with E-state index in [4.69, 9.17) is 10.4 Å². The number of aromatic nitrogens is 2. The van der Waals surface area contributed by atoms with Crippen LogP contribution in [0.4, 0.5) is 15.9 Å². The molecule has 0 aliphatic rings. The molecule has 0 bridgehead atoms. The van der Waals surface area contributed by atoms with Crippen molar-refractivity contribution in [3.63, 3.8) is 0 Å². The van der Waals surface area contributed by atoms with Crippen LogP contribution in [-0.2, 0) is 0 Å². The van der Waals surface area contributed by atoms with Gasteiger partial charge < -0.3 is 16.4 Å². The third-order valence-electron chi connectivity index (χ3n) is 3.26. The molecule has 0 spiro atoms. The van der Waals surface area contributed by atoms with Gasteiger partial charge in [0.15, 0.2) is 17.5 Å². The van der Waals surface area contributed by atoms with Crippen LogP contribution in [-0.4, -0.2) is 35.2 Å². The summed E-state index contributed by atoms with van der Waals surface area (Å²) in [6.45, 7) is 6.37. The SMILES string of the molecule is C=C(C)NC(N)=NCCCNc1nonc1C(=Nc1ccc(F)c(Br)c1)NN=O. The second kappa shape index (κ2) is 10.8.